The number of nitrogens with one attached hydrogen (secondary N) is 2. The Morgan fingerprint density at radius 3 is 2.73 bits per heavy atom. The molecule has 0 spiro atoms. The summed E-state index contributed by atoms with van der Waals surface area (Å²) in [6, 6.07) is 11.4. The number of urea groups is 1. The Morgan fingerprint density at radius 2 is 1.87 bits per heavy atom. The molecule has 152 valence electrons. The highest BCUT2D eigenvalue weighted by molar-refractivity contribution is 6.09. The number of carbonyl (C=O) groups is 3. The van der Waals surface area contributed by atoms with Crippen LogP contribution in [0.5, 0.6) is 11.5 Å². The SMILES string of the molecule is O=C(CN1C(=O)N[C@@H](Cc2c[nH]c3ccccc23)C1=O)c1ccc2c(c1)OCCO2. The van der Waals surface area contributed by atoms with Gasteiger partial charge in [0.2, 0.25) is 0 Å². The van der Waals surface area contributed by atoms with Crippen LogP contribution in [-0.4, -0.2) is 53.4 Å². The normalized spacial score (nSPS) is 18.0. The Bertz CT molecular complexity index is 1170. The molecule has 5 rings (SSSR count). The highest BCUT2D eigenvalue weighted by Crippen LogP contribution is 2.31. The number of fused-ring (bicyclic) bond motifs is 2. The van der Waals surface area contributed by atoms with Gasteiger partial charge in [0, 0.05) is 29.1 Å². The quantitative estimate of drug-likeness (QED) is 0.501. The monoisotopic (exact) mass is 405 g/mol. The third-order valence-electron chi connectivity index (χ3n) is 5.37. The number of nitrogens with zero attached hydrogens (tertiary/aromatic N) is 1. The topological polar surface area (TPSA) is 101 Å². The largest absolute Gasteiger partial charge is 0.486 e. The second kappa shape index (κ2) is 7.22. The van der Waals surface area contributed by atoms with E-state index in [1.807, 2.05) is 30.5 Å². The van der Waals surface area contributed by atoms with Gasteiger partial charge >= 0.3 is 6.03 Å². The van der Waals surface area contributed by atoms with Crippen LogP contribution >= 0.6 is 0 Å². The average molecular weight is 405 g/mol. The molecule has 0 unspecified atom stereocenters. The second-order valence-corrected chi connectivity index (χ2v) is 7.27. The van der Waals surface area contributed by atoms with Crippen molar-refractivity contribution in [3.8, 4) is 11.5 Å². The van der Waals surface area contributed by atoms with Gasteiger partial charge in [0.15, 0.2) is 17.3 Å². The van der Waals surface area contributed by atoms with Gasteiger partial charge in [-0.3, -0.25) is 14.5 Å². The van der Waals surface area contributed by atoms with E-state index in [4.69, 9.17) is 9.47 Å². The van der Waals surface area contributed by atoms with E-state index in [1.54, 1.807) is 18.2 Å². The van der Waals surface area contributed by atoms with Crippen molar-refractivity contribution in [1.29, 1.82) is 0 Å². The summed E-state index contributed by atoms with van der Waals surface area (Å²) in [7, 11) is 0. The molecule has 2 aromatic carbocycles. The molecule has 1 saturated heterocycles. The maximum Gasteiger partial charge on any atom is 0.325 e. The third-order valence-corrected chi connectivity index (χ3v) is 5.37. The molecule has 1 fully saturated rings. The minimum Gasteiger partial charge on any atom is -0.486 e. The van der Waals surface area contributed by atoms with Gasteiger partial charge < -0.3 is 19.8 Å². The van der Waals surface area contributed by atoms with Crippen LogP contribution in [-0.2, 0) is 11.2 Å². The molecule has 3 amide bonds. The first kappa shape index (κ1) is 18.2. The number of ether oxygens (including phenoxy) is 2. The lowest BCUT2D eigenvalue weighted by atomic mass is 10.0. The lowest BCUT2D eigenvalue weighted by Gasteiger charge is -2.19. The standard InChI is InChI=1S/C22H19N3O5/c26-18(13-5-6-19-20(10-13)30-8-7-29-19)12-25-21(27)17(24-22(25)28)9-14-11-23-16-4-2-1-3-15(14)16/h1-6,10-11,17,23H,7-9,12H2,(H,24,28)/t17-/m0/s1. The first-order chi connectivity index (χ1) is 14.6. The number of imide groups is 1. The summed E-state index contributed by atoms with van der Waals surface area (Å²) in [6.45, 7) is 0.544. The van der Waals surface area contributed by atoms with E-state index in [0.29, 0.717) is 36.7 Å². The van der Waals surface area contributed by atoms with Gasteiger partial charge in [-0.05, 0) is 29.8 Å². The van der Waals surface area contributed by atoms with Gasteiger partial charge in [-0.2, -0.15) is 0 Å². The Morgan fingerprint density at radius 1 is 1.07 bits per heavy atom. The zero-order valence-corrected chi connectivity index (χ0v) is 16.0. The second-order valence-electron chi connectivity index (χ2n) is 7.27. The zero-order valence-electron chi connectivity index (χ0n) is 16.0. The minimum atomic E-state index is -0.704. The fraction of sp³-hybridized carbons (Fsp3) is 0.227. The number of hydrogen-bond donors (Lipinski definition) is 2. The van der Waals surface area contributed by atoms with Gasteiger partial charge in [-0.1, -0.05) is 18.2 Å². The molecule has 8 heteroatoms. The molecule has 2 aliphatic heterocycles. The summed E-state index contributed by atoms with van der Waals surface area (Å²) in [4.78, 5) is 42.0. The summed E-state index contributed by atoms with van der Waals surface area (Å²) >= 11 is 0. The van der Waals surface area contributed by atoms with Crippen LogP contribution in [0.1, 0.15) is 15.9 Å². The van der Waals surface area contributed by atoms with Crippen LogP contribution in [0.2, 0.25) is 0 Å². The first-order valence-electron chi connectivity index (χ1n) is 9.70. The van der Waals surface area contributed by atoms with Gasteiger partial charge in [-0.25, -0.2) is 4.79 Å². The first-order valence-corrected chi connectivity index (χ1v) is 9.70. The van der Waals surface area contributed by atoms with E-state index >= 15 is 0 Å². The molecular weight excluding hydrogens is 386 g/mol. The van der Waals surface area contributed by atoms with E-state index < -0.39 is 18.0 Å². The average Bonchev–Trinajstić information content (AvgIpc) is 3.29. The molecule has 0 aliphatic carbocycles. The summed E-state index contributed by atoms with van der Waals surface area (Å²) in [5.41, 5.74) is 2.26. The molecule has 0 bridgehead atoms. The Balaban J connectivity index is 1.30. The number of H-pyrrole nitrogens is 1. The number of amides is 3. The van der Waals surface area contributed by atoms with Crippen molar-refractivity contribution >= 4 is 28.6 Å². The van der Waals surface area contributed by atoms with Crippen LogP contribution in [0, 0.1) is 0 Å². The van der Waals surface area contributed by atoms with Crippen LogP contribution in [0.4, 0.5) is 4.79 Å². The number of benzene rings is 2. The third kappa shape index (κ3) is 3.16. The van der Waals surface area contributed by atoms with Crippen molar-refractivity contribution in [3.63, 3.8) is 0 Å². The number of hydrogen-bond acceptors (Lipinski definition) is 5. The van der Waals surface area contributed by atoms with Crippen molar-refractivity contribution in [3.05, 3.63) is 59.8 Å². The van der Waals surface area contributed by atoms with Crippen molar-refractivity contribution < 1.29 is 23.9 Å². The molecule has 30 heavy (non-hydrogen) atoms. The van der Waals surface area contributed by atoms with Crippen LogP contribution in [0.25, 0.3) is 10.9 Å². The lowest BCUT2D eigenvalue weighted by Crippen LogP contribution is -2.36. The molecule has 3 aromatic rings. The molecule has 2 N–H and O–H groups in total. The lowest BCUT2D eigenvalue weighted by molar-refractivity contribution is -0.127. The highest BCUT2D eigenvalue weighted by Gasteiger charge is 2.39. The summed E-state index contributed by atoms with van der Waals surface area (Å²) < 4.78 is 11.0. The molecule has 2 aliphatic rings. The fourth-order valence-corrected chi connectivity index (χ4v) is 3.84. The van der Waals surface area contributed by atoms with Crippen LogP contribution in [0.15, 0.2) is 48.7 Å². The molecule has 1 atom stereocenters. The summed E-state index contributed by atoms with van der Waals surface area (Å²) in [5.74, 6) is 0.312. The zero-order chi connectivity index (χ0) is 20.7. The molecule has 8 nitrogen and oxygen atoms in total. The fourth-order valence-electron chi connectivity index (χ4n) is 3.84. The van der Waals surface area contributed by atoms with Gasteiger partial charge in [0.05, 0.1) is 6.54 Å². The minimum absolute atomic E-state index is 0.325. The highest BCUT2D eigenvalue weighted by atomic mass is 16.6. The van der Waals surface area contributed by atoms with E-state index in [2.05, 4.69) is 10.3 Å². The number of aromatic nitrogens is 1. The van der Waals surface area contributed by atoms with E-state index in [0.717, 1.165) is 21.4 Å². The number of Topliss-reactive ketones (excluding diaryl/α,β-unsaturated/α-hetero) is 1. The Hall–Kier alpha value is -3.81. The molecule has 0 radical (unpaired) electrons. The van der Waals surface area contributed by atoms with Crippen molar-refractivity contribution in [2.24, 2.45) is 0 Å². The van der Waals surface area contributed by atoms with E-state index in [9.17, 15) is 14.4 Å². The predicted octanol–water partition coefficient (Wildman–Crippen LogP) is 2.28. The van der Waals surface area contributed by atoms with Gasteiger partial charge in [0.25, 0.3) is 5.91 Å². The Labute approximate surface area is 171 Å². The number of aromatic amines is 1. The smallest absolute Gasteiger partial charge is 0.325 e. The van der Waals surface area contributed by atoms with Gasteiger partial charge in [0.1, 0.15) is 19.3 Å². The number of carbonyl (C=O) groups excluding carboxylic acids is 3. The van der Waals surface area contributed by atoms with Crippen molar-refractivity contribution in [2.75, 3.05) is 19.8 Å². The van der Waals surface area contributed by atoms with Gasteiger partial charge in [-0.15, -0.1) is 0 Å². The predicted molar refractivity (Wildman–Crippen MR) is 108 cm³/mol. The van der Waals surface area contributed by atoms with Crippen molar-refractivity contribution in [2.45, 2.75) is 12.5 Å². The van der Waals surface area contributed by atoms with Crippen LogP contribution < -0.4 is 14.8 Å². The maximum absolute atomic E-state index is 12.8. The number of ketones is 1. The van der Waals surface area contributed by atoms with E-state index in [1.165, 1.54) is 0 Å². The van der Waals surface area contributed by atoms with E-state index in [-0.39, 0.29) is 12.3 Å². The molecule has 1 aromatic heterocycles. The molecular formula is C22H19N3O5. The summed E-state index contributed by atoms with van der Waals surface area (Å²) in [6.07, 6.45) is 2.19. The summed E-state index contributed by atoms with van der Waals surface area (Å²) in [5, 5.41) is 3.70. The number of para-hydroxylation sites is 1. The maximum atomic E-state index is 12.8. The molecule has 3 heterocycles. The molecule has 0 saturated carbocycles. The Kier molecular flexibility index (Phi) is 4.39. The number of rotatable bonds is 5. The van der Waals surface area contributed by atoms with Crippen molar-refractivity contribution in [1.82, 2.24) is 15.2 Å². The van der Waals surface area contributed by atoms with Crippen LogP contribution in [0.3, 0.4) is 0 Å².